The number of aromatic nitrogens is 2. The van der Waals surface area contributed by atoms with E-state index in [9.17, 15) is 0 Å². The first kappa shape index (κ1) is 12.7. The number of hydrogen-bond acceptors (Lipinski definition) is 5. The van der Waals surface area contributed by atoms with Gasteiger partial charge in [0.2, 0.25) is 0 Å². The minimum Gasteiger partial charge on any atom is -0.386 e. The Hall–Kier alpha value is -2.27. The Labute approximate surface area is 117 Å². The van der Waals surface area contributed by atoms with Crippen molar-refractivity contribution in [3.8, 4) is 0 Å². The van der Waals surface area contributed by atoms with Gasteiger partial charge in [0.1, 0.15) is 0 Å². The molecule has 1 aromatic heterocycles. The number of para-hydroxylation sites is 2. The maximum Gasteiger partial charge on any atom is 0.0922 e. The molecule has 1 saturated heterocycles. The summed E-state index contributed by atoms with van der Waals surface area (Å²) in [6.45, 7) is 2.01. The highest BCUT2D eigenvalue weighted by molar-refractivity contribution is 6.07. The Bertz CT molecular complexity index is 644. The van der Waals surface area contributed by atoms with Crippen LogP contribution in [-0.2, 0) is 0 Å². The molecule has 5 heteroatoms. The van der Waals surface area contributed by atoms with E-state index in [-0.39, 0.29) is 0 Å². The van der Waals surface area contributed by atoms with Crippen molar-refractivity contribution in [3.63, 3.8) is 0 Å². The molecule has 0 bridgehead atoms. The lowest BCUT2D eigenvalue weighted by atomic mass is 10.2. The van der Waals surface area contributed by atoms with Crippen LogP contribution in [0.15, 0.2) is 36.7 Å². The summed E-state index contributed by atoms with van der Waals surface area (Å²) >= 11 is 0. The number of allylic oxidation sites excluding steroid dienone is 1. The lowest BCUT2D eigenvalue weighted by Crippen LogP contribution is -2.26. The normalized spacial score (nSPS) is 19.2. The van der Waals surface area contributed by atoms with Crippen molar-refractivity contribution in [2.75, 3.05) is 13.1 Å². The third-order valence-electron chi connectivity index (χ3n) is 3.43. The predicted octanol–water partition coefficient (Wildman–Crippen LogP) is 1.57. The summed E-state index contributed by atoms with van der Waals surface area (Å²) in [5.41, 5.74) is 3.18. The second-order valence-electron chi connectivity index (χ2n) is 4.84. The van der Waals surface area contributed by atoms with Crippen LogP contribution in [0.2, 0.25) is 0 Å². The first-order valence-electron chi connectivity index (χ1n) is 6.76. The maximum atomic E-state index is 7.56. The smallest absolute Gasteiger partial charge is 0.0922 e. The van der Waals surface area contributed by atoms with Crippen LogP contribution in [0, 0.1) is 5.41 Å². The monoisotopic (exact) mass is 267 g/mol. The van der Waals surface area contributed by atoms with E-state index in [1.54, 1.807) is 6.20 Å². The molecule has 1 aliphatic rings. The largest absolute Gasteiger partial charge is 0.386 e. The molecule has 0 aliphatic carbocycles. The Balaban J connectivity index is 1.86. The van der Waals surface area contributed by atoms with Crippen molar-refractivity contribution in [3.05, 3.63) is 42.4 Å². The molecule has 102 valence electrons. The van der Waals surface area contributed by atoms with Crippen molar-refractivity contribution in [1.82, 2.24) is 20.6 Å². The number of nitrogens with zero attached hydrogens (tertiary/aromatic N) is 2. The van der Waals surface area contributed by atoms with E-state index in [2.05, 4.69) is 20.6 Å². The summed E-state index contributed by atoms with van der Waals surface area (Å²) in [7, 11) is 0. The van der Waals surface area contributed by atoms with Gasteiger partial charge in [-0.3, -0.25) is 4.98 Å². The molecule has 5 nitrogen and oxygen atoms in total. The lowest BCUT2D eigenvalue weighted by molar-refractivity contribution is 0.640. The minimum absolute atomic E-state index is 0.429. The molecular weight excluding hydrogens is 250 g/mol. The molecule has 0 spiro atoms. The average Bonchev–Trinajstić information content (AvgIpc) is 3.01. The van der Waals surface area contributed by atoms with Gasteiger partial charge in [-0.15, -0.1) is 0 Å². The lowest BCUT2D eigenvalue weighted by Gasteiger charge is -2.09. The summed E-state index contributed by atoms with van der Waals surface area (Å²) in [6.07, 6.45) is 6.00. The number of rotatable bonds is 4. The zero-order valence-electron chi connectivity index (χ0n) is 11.1. The summed E-state index contributed by atoms with van der Waals surface area (Å²) < 4.78 is 0. The van der Waals surface area contributed by atoms with Gasteiger partial charge < -0.3 is 16.0 Å². The van der Waals surface area contributed by atoms with Gasteiger partial charge in [-0.25, -0.2) is 4.98 Å². The van der Waals surface area contributed by atoms with E-state index < -0.39 is 0 Å². The van der Waals surface area contributed by atoms with Crippen LogP contribution in [0.1, 0.15) is 12.1 Å². The molecule has 0 amide bonds. The number of hydrogen-bond donors (Lipinski definition) is 3. The van der Waals surface area contributed by atoms with Gasteiger partial charge in [0.15, 0.2) is 0 Å². The Morgan fingerprint density at radius 3 is 2.95 bits per heavy atom. The molecule has 2 aromatic rings. The topological polar surface area (TPSA) is 73.7 Å². The van der Waals surface area contributed by atoms with Crippen molar-refractivity contribution in [1.29, 1.82) is 5.41 Å². The second-order valence-corrected chi connectivity index (χ2v) is 4.84. The fraction of sp³-hybridized carbons (Fsp3) is 0.267. The molecule has 2 heterocycles. The number of fused-ring (bicyclic) bond motifs is 1. The number of nitrogens with one attached hydrogen (secondary N) is 3. The summed E-state index contributed by atoms with van der Waals surface area (Å²) in [6, 6.07) is 8.18. The maximum absolute atomic E-state index is 7.56. The van der Waals surface area contributed by atoms with E-state index in [0.717, 1.165) is 41.8 Å². The quantitative estimate of drug-likeness (QED) is 0.735. The Kier molecular flexibility index (Phi) is 3.69. The van der Waals surface area contributed by atoms with E-state index in [0.29, 0.717) is 6.04 Å². The third-order valence-corrected chi connectivity index (χ3v) is 3.43. The fourth-order valence-corrected chi connectivity index (χ4v) is 2.29. The average molecular weight is 267 g/mol. The zero-order valence-corrected chi connectivity index (χ0v) is 11.1. The van der Waals surface area contributed by atoms with Crippen molar-refractivity contribution < 1.29 is 0 Å². The molecule has 0 saturated carbocycles. The van der Waals surface area contributed by atoms with Crippen molar-refractivity contribution in [2.45, 2.75) is 12.5 Å². The first-order valence-corrected chi connectivity index (χ1v) is 6.76. The Morgan fingerprint density at radius 2 is 2.20 bits per heavy atom. The molecule has 1 fully saturated rings. The highest BCUT2D eigenvalue weighted by atomic mass is 15.0. The summed E-state index contributed by atoms with van der Waals surface area (Å²) in [5.74, 6) is 0. The molecule has 1 aromatic carbocycles. The van der Waals surface area contributed by atoms with E-state index in [1.165, 1.54) is 6.21 Å². The van der Waals surface area contributed by atoms with Crippen LogP contribution < -0.4 is 10.6 Å². The van der Waals surface area contributed by atoms with Crippen LogP contribution >= 0.6 is 0 Å². The van der Waals surface area contributed by atoms with E-state index in [4.69, 9.17) is 5.41 Å². The van der Waals surface area contributed by atoms with Gasteiger partial charge in [0, 0.05) is 30.6 Å². The standard InChI is InChI=1S/C15H17N5/c16-7-11(8-18-12-5-6-17-9-12)15-10-19-13-3-1-2-4-14(13)20-15/h1-4,7-8,10,12,16-18H,5-6,9H2/b11-8+,16-7?. The molecule has 1 aliphatic heterocycles. The summed E-state index contributed by atoms with van der Waals surface area (Å²) in [5, 5.41) is 14.2. The van der Waals surface area contributed by atoms with Gasteiger partial charge >= 0.3 is 0 Å². The third kappa shape index (κ3) is 2.67. The van der Waals surface area contributed by atoms with Gasteiger partial charge in [0.25, 0.3) is 0 Å². The Morgan fingerprint density at radius 1 is 1.35 bits per heavy atom. The zero-order chi connectivity index (χ0) is 13.8. The molecule has 3 rings (SSSR count). The molecule has 1 unspecified atom stereocenters. The minimum atomic E-state index is 0.429. The number of benzene rings is 1. The molecule has 1 atom stereocenters. The van der Waals surface area contributed by atoms with Gasteiger partial charge in [-0.1, -0.05) is 12.1 Å². The molecule has 3 N–H and O–H groups in total. The first-order chi connectivity index (χ1) is 9.86. The van der Waals surface area contributed by atoms with Crippen LogP contribution in [0.25, 0.3) is 16.6 Å². The highest BCUT2D eigenvalue weighted by Crippen LogP contribution is 2.13. The van der Waals surface area contributed by atoms with Gasteiger partial charge in [-0.05, 0) is 25.1 Å². The summed E-state index contributed by atoms with van der Waals surface area (Å²) in [4.78, 5) is 8.94. The second kappa shape index (κ2) is 5.79. The van der Waals surface area contributed by atoms with Crippen molar-refractivity contribution >= 4 is 22.8 Å². The fourth-order valence-electron chi connectivity index (χ4n) is 2.29. The molecule has 20 heavy (non-hydrogen) atoms. The molecular formula is C15H17N5. The van der Waals surface area contributed by atoms with Crippen LogP contribution in [0.5, 0.6) is 0 Å². The van der Waals surface area contributed by atoms with Crippen LogP contribution in [0.4, 0.5) is 0 Å². The van der Waals surface area contributed by atoms with Gasteiger partial charge in [-0.2, -0.15) is 0 Å². The van der Waals surface area contributed by atoms with Crippen molar-refractivity contribution in [2.24, 2.45) is 0 Å². The van der Waals surface area contributed by atoms with Crippen LogP contribution in [0.3, 0.4) is 0 Å². The van der Waals surface area contributed by atoms with E-state index in [1.807, 2.05) is 30.5 Å². The van der Waals surface area contributed by atoms with E-state index >= 15 is 0 Å². The highest BCUT2D eigenvalue weighted by Gasteiger charge is 2.12. The van der Waals surface area contributed by atoms with Gasteiger partial charge in [0.05, 0.1) is 22.9 Å². The predicted molar refractivity (Wildman–Crippen MR) is 80.7 cm³/mol. The molecule has 0 radical (unpaired) electrons. The SMILES string of the molecule is N=C/C(=C\NC1CCNC1)c1cnc2ccccc2n1. The van der Waals surface area contributed by atoms with Crippen LogP contribution in [-0.4, -0.2) is 35.3 Å².